The van der Waals surface area contributed by atoms with E-state index in [-0.39, 0.29) is 5.57 Å². The maximum Gasteiger partial charge on any atom is 0.416 e. The largest absolute Gasteiger partial charge is 0.416 e. The summed E-state index contributed by atoms with van der Waals surface area (Å²) in [5, 5.41) is 0. The van der Waals surface area contributed by atoms with Gasteiger partial charge in [-0.15, -0.1) is 0 Å². The summed E-state index contributed by atoms with van der Waals surface area (Å²) < 4.78 is 38.7. The number of aromatic nitrogens is 2. The molecule has 0 bridgehead atoms. The number of rotatable bonds is 3. The van der Waals surface area contributed by atoms with Gasteiger partial charge in [0.05, 0.1) is 5.57 Å². The highest BCUT2D eigenvalue weighted by Gasteiger charge is 2.34. The van der Waals surface area contributed by atoms with Crippen molar-refractivity contribution in [1.82, 2.24) is 9.97 Å². The Morgan fingerprint density at radius 1 is 1.28 bits per heavy atom. The van der Waals surface area contributed by atoms with Gasteiger partial charge in [0, 0.05) is 18.0 Å². The fourth-order valence-corrected chi connectivity index (χ4v) is 1.42. The molecule has 0 spiro atoms. The van der Waals surface area contributed by atoms with E-state index < -0.39 is 11.7 Å². The summed E-state index contributed by atoms with van der Waals surface area (Å²) in [4.78, 5) is 7.78. The Morgan fingerprint density at radius 2 is 1.83 bits per heavy atom. The molecule has 0 aliphatic heterocycles. The second kappa shape index (κ2) is 5.62. The van der Waals surface area contributed by atoms with Crippen molar-refractivity contribution < 1.29 is 13.2 Å². The van der Waals surface area contributed by atoms with Gasteiger partial charge in [0.2, 0.25) is 0 Å². The summed E-state index contributed by atoms with van der Waals surface area (Å²) in [6.07, 6.45) is 1.78. The van der Waals surface area contributed by atoms with Crippen LogP contribution >= 0.6 is 0 Å². The number of nitrogens with zero attached hydrogens (tertiary/aromatic N) is 2. The number of halogens is 3. The van der Waals surface area contributed by atoms with Crippen LogP contribution in [0.15, 0.2) is 42.8 Å². The average molecular weight is 254 g/mol. The van der Waals surface area contributed by atoms with Crippen molar-refractivity contribution in [3.63, 3.8) is 0 Å². The lowest BCUT2D eigenvalue weighted by Crippen LogP contribution is -2.12. The van der Waals surface area contributed by atoms with Crippen LogP contribution < -0.4 is 0 Å². The first-order chi connectivity index (χ1) is 8.40. The van der Waals surface area contributed by atoms with Crippen LogP contribution in [0.4, 0.5) is 13.2 Å². The molecule has 96 valence electrons. The fraction of sp³-hybridized carbons (Fsp3) is 0.231. The predicted octanol–water partition coefficient (Wildman–Crippen LogP) is 3.86. The number of hydrogen-bond donors (Lipinski definition) is 0. The van der Waals surface area contributed by atoms with Gasteiger partial charge >= 0.3 is 6.18 Å². The van der Waals surface area contributed by atoms with Crippen molar-refractivity contribution in [2.45, 2.75) is 20.0 Å². The van der Waals surface area contributed by atoms with E-state index in [4.69, 9.17) is 0 Å². The molecular formula is C13H13F3N2. The quantitative estimate of drug-likeness (QED) is 0.765. The maximum absolute atomic E-state index is 12.9. The molecular weight excluding hydrogens is 241 g/mol. The molecule has 0 aliphatic rings. The van der Waals surface area contributed by atoms with Gasteiger partial charge in [0.1, 0.15) is 5.82 Å². The van der Waals surface area contributed by atoms with Crippen LogP contribution in [0, 0.1) is 6.92 Å². The average Bonchev–Trinajstić information content (AvgIpc) is 2.30. The van der Waals surface area contributed by atoms with Crippen molar-refractivity contribution in [2.24, 2.45) is 0 Å². The van der Waals surface area contributed by atoms with Gasteiger partial charge in [-0.3, -0.25) is 0 Å². The van der Waals surface area contributed by atoms with Gasteiger partial charge in [-0.25, -0.2) is 9.97 Å². The van der Waals surface area contributed by atoms with E-state index in [0.29, 0.717) is 11.4 Å². The van der Waals surface area contributed by atoms with E-state index in [2.05, 4.69) is 16.5 Å². The number of alkyl halides is 3. The van der Waals surface area contributed by atoms with Gasteiger partial charge < -0.3 is 0 Å². The minimum absolute atomic E-state index is 0.0272. The van der Waals surface area contributed by atoms with Crippen LogP contribution in [-0.2, 0) is 0 Å². The lowest BCUT2D eigenvalue weighted by Gasteiger charge is -2.12. The van der Waals surface area contributed by atoms with Gasteiger partial charge in [-0.2, -0.15) is 13.2 Å². The highest BCUT2D eigenvalue weighted by atomic mass is 19.4. The fourth-order valence-electron chi connectivity index (χ4n) is 1.42. The van der Waals surface area contributed by atoms with Gasteiger partial charge in [-0.05, 0) is 19.4 Å². The van der Waals surface area contributed by atoms with Gasteiger partial charge in [0.25, 0.3) is 0 Å². The Kier molecular flexibility index (Phi) is 4.42. The van der Waals surface area contributed by atoms with Crippen LogP contribution in [0.3, 0.4) is 0 Å². The van der Waals surface area contributed by atoms with Gasteiger partial charge in [-0.1, -0.05) is 24.8 Å². The zero-order valence-electron chi connectivity index (χ0n) is 10.1. The summed E-state index contributed by atoms with van der Waals surface area (Å²) in [5.74, 6) is 0.502. The normalized spacial score (nSPS) is 13.6. The second-order valence-corrected chi connectivity index (χ2v) is 3.55. The number of hydrogen-bond acceptors (Lipinski definition) is 2. The van der Waals surface area contributed by atoms with E-state index >= 15 is 0 Å². The molecule has 0 aliphatic carbocycles. The molecule has 0 saturated carbocycles. The highest BCUT2D eigenvalue weighted by Crippen LogP contribution is 2.33. The molecule has 0 atom stereocenters. The van der Waals surface area contributed by atoms with E-state index in [1.165, 1.54) is 25.4 Å². The summed E-state index contributed by atoms with van der Waals surface area (Å²) in [5.41, 5.74) is -0.492. The molecule has 0 unspecified atom stereocenters. The number of aryl methyl sites for hydroxylation is 1. The van der Waals surface area contributed by atoms with Crippen molar-refractivity contribution >= 4 is 5.57 Å². The topological polar surface area (TPSA) is 25.8 Å². The second-order valence-electron chi connectivity index (χ2n) is 3.55. The van der Waals surface area contributed by atoms with Crippen LogP contribution in [0.5, 0.6) is 0 Å². The Morgan fingerprint density at radius 3 is 2.22 bits per heavy atom. The summed E-state index contributed by atoms with van der Waals surface area (Å²) in [6, 6.07) is 0. The monoisotopic (exact) mass is 254 g/mol. The smallest absolute Gasteiger partial charge is 0.241 e. The molecule has 1 rings (SSSR count). The first-order valence-electron chi connectivity index (χ1n) is 5.25. The molecule has 5 heteroatoms. The van der Waals surface area contributed by atoms with Crippen LogP contribution in [0.1, 0.15) is 18.3 Å². The van der Waals surface area contributed by atoms with E-state index in [1.807, 2.05) is 0 Å². The molecule has 1 aromatic heterocycles. The van der Waals surface area contributed by atoms with Crippen molar-refractivity contribution in [3.8, 4) is 0 Å². The Bertz CT molecular complexity index is 482. The Labute approximate surface area is 104 Å². The standard InChI is InChI=1S/C13H13F3N2/c1-4-6-12(13(14,15)16)11(5-2)10-7-17-9(3)18-8-10/h4-8H,2H2,1,3H3/b6-4-,12-11-. The van der Waals surface area contributed by atoms with Gasteiger partial charge in [0.15, 0.2) is 0 Å². The molecule has 0 radical (unpaired) electrons. The molecule has 2 nitrogen and oxygen atoms in total. The molecule has 0 saturated heterocycles. The zero-order chi connectivity index (χ0) is 13.8. The molecule has 1 aromatic rings. The minimum Gasteiger partial charge on any atom is -0.241 e. The molecule has 1 heterocycles. The summed E-state index contributed by atoms with van der Waals surface area (Å²) in [6.45, 7) is 6.62. The Hall–Kier alpha value is -1.91. The third-order valence-electron chi connectivity index (χ3n) is 2.22. The molecule has 18 heavy (non-hydrogen) atoms. The lowest BCUT2D eigenvalue weighted by molar-refractivity contribution is -0.0875. The van der Waals surface area contributed by atoms with Crippen LogP contribution in [0.2, 0.25) is 0 Å². The predicted molar refractivity (Wildman–Crippen MR) is 64.8 cm³/mol. The summed E-state index contributed by atoms with van der Waals surface area (Å²) in [7, 11) is 0. The number of allylic oxidation sites excluding steroid dienone is 5. The SMILES string of the molecule is C=C/C(=C(\C=C/C)C(F)(F)F)c1cnc(C)nc1. The molecule has 0 aromatic carbocycles. The first kappa shape index (κ1) is 14.2. The van der Waals surface area contributed by atoms with Crippen LogP contribution in [-0.4, -0.2) is 16.1 Å². The maximum atomic E-state index is 12.9. The third kappa shape index (κ3) is 3.29. The summed E-state index contributed by atoms with van der Waals surface area (Å²) >= 11 is 0. The van der Waals surface area contributed by atoms with Crippen molar-refractivity contribution in [3.05, 3.63) is 54.2 Å². The zero-order valence-corrected chi connectivity index (χ0v) is 10.1. The molecule has 0 amide bonds. The van der Waals surface area contributed by atoms with Crippen molar-refractivity contribution in [1.29, 1.82) is 0 Å². The lowest BCUT2D eigenvalue weighted by atomic mass is 10.0. The molecule has 0 N–H and O–H groups in total. The highest BCUT2D eigenvalue weighted by molar-refractivity contribution is 5.78. The van der Waals surface area contributed by atoms with E-state index in [1.54, 1.807) is 6.92 Å². The van der Waals surface area contributed by atoms with E-state index in [0.717, 1.165) is 12.2 Å². The minimum atomic E-state index is -4.44. The third-order valence-corrected chi connectivity index (χ3v) is 2.22. The van der Waals surface area contributed by atoms with E-state index in [9.17, 15) is 13.2 Å². The Balaban J connectivity index is 3.44. The first-order valence-corrected chi connectivity index (χ1v) is 5.25. The van der Waals surface area contributed by atoms with Crippen LogP contribution in [0.25, 0.3) is 5.57 Å². The van der Waals surface area contributed by atoms with Crippen molar-refractivity contribution in [2.75, 3.05) is 0 Å². The molecule has 0 fully saturated rings.